The Morgan fingerprint density at radius 1 is 1.32 bits per heavy atom. The van der Waals surface area contributed by atoms with Gasteiger partial charge in [-0.1, -0.05) is 18.2 Å². The molecule has 1 aromatic heterocycles. The highest BCUT2D eigenvalue weighted by molar-refractivity contribution is 5.91. The number of anilines is 1. The van der Waals surface area contributed by atoms with Crippen LogP contribution in [0.4, 0.5) is 10.5 Å². The quantitative estimate of drug-likeness (QED) is 0.904. The van der Waals surface area contributed by atoms with E-state index in [4.69, 9.17) is 9.47 Å². The van der Waals surface area contributed by atoms with Gasteiger partial charge in [-0.2, -0.15) is 0 Å². The number of aromatic nitrogens is 1. The number of nitrogens with one attached hydrogen (secondary N) is 1. The summed E-state index contributed by atoms with van der Waals surface area (Å²) in [4.78, 5) is 18.5. The SMILES string of the molecule is CCOc1ccccc1NC(=O)N1CCC(Oc2ccc(C)cn2)C1. The third-order valence-corrected chi connectivity index (χ3v) is 4.03. The topological polar surface area (TPSA) is 63.7 Å². The number of carbonyl (C=O) groups excluding carboxylic acids is 1. The van der Waals surface area contributed by atoms with Gasteiger partial charge in [0.05, 0.1) is 18.8 Å². The number of aryl methyl sites for hydroxylation is 1. The molecule has 1 aliphatic heterocycles. The van der Waals surface area contributed by atoms with Crippen molar-refractivity contribution in [1.29, 1.82) is 0 Å². The summed E-state index contributed by atoms with van der Waals surface area (Å²) < 4.78 is 11.4. The van der Waals surface area contributed by atoms with E-state index in [9.17, 15) is 4.79 Å². The predicted octanol–water partition coefficient (Wildman–Crippen LogP) is 3.47. The number of hydrogen-bond acceptors (Lipinski definition) is 4. The zero-order valence-electron chi connectivity index (χ0n) is 14.6. The van der Waals surface area contributed by atoms with Crippen molar-refractivity contribution in [3.8, 4) is 11.6 Å². The molecule has 1 aromatic carbocycles. The highest BCUT2D eigenvalue weighted by Crippen LogP contribution is 2.25. The summed E-state index contributed by atoms with van der Waals surface area (Å²) in [6, 6.07) is 11.1. The first-order valence-electron chi connectivity index (χ1n) is 8.52. The number of para-hydroxylation sites is 2. The van der Waals surface area contributed by atoms with E-state index in [1.54, 1.807) is 11.1 Å². The number of urea groups is 1. The third kappa shape index (κ3) is 4.41. The number of ether oxygens (including phenoxy) is 2. The molecule has 1 saturated heterocycles. The second kappa shape index (κ2) is 7.88. The van der Waals surface area contributed by atoms with Crippen molar-refractivity contribution in [1.82, 2.24) is 9.88 Å². The summed E-state index contributed by atoms with van der Waals surface area (Å²) in [7, 11) is 0. The molecular weight excluding hydrogens is 318 g/mol. The fourth-order valence-electron chi connectivity index (χ4n) is 2.75. The fourth-order valence-corrected chi connectivity index (χ4v) is 2.75. The van der Waals surface area contributed by atoms with Crippen LogP contribution in [0.2, 0.25) is 0 Å². The first kappa shape index (κ1) is 17.1. The van der Waals surface area contributed by atoms with Crippen LogP contribution in [-0.2, 0) is 0 Å². The summed E-state index contributed by atoms with van der Waals surface area (Å²) in [6.45, 7) is 5.64. The molecular formula is C19H23N3O3. The maximum atomic E-state index is 12.5. The molecule has 0 saturated carbocycles. The minimum Gasteiger partial charge on any atom is -0.492 e. The van der Waals surface area contributed by atoms with Crippen molar-refractivity contribution in [3.63, 3.8) is 0 Å². The van der Waals surface area contributed by atoms with Gasteiger partial charge in [-0.3, -0.25) is 0 Å². The van der Waals surface area contributed by atoms with Gasteiger partial charge in [-0.25, -0.2) is 9.78 Å². The molecule has 1 unspecified atom stereocenters. The average Bonchev–Trinajstić information content (AvgIpc) is 3.08. The van der Waals surface area contributed by atoms with Gasteiger partial charge in [0.2, 0.25) is 5.88 Å². The summed E-state index contributed by atoms with van der Waals surface area (Å²) >= 11 is 0. The van der Waals surface area contributed by atoms with Crippen molar-refractivity contribution in [2.45, 2.75) is 26.4 Å². The number of hydrogen-bond donors (Lipinski definition) is 1. The van der Waals surface area contributed by atoms with E-state index in [2.05, 4.69) is 10.3 Å². The van der Waals surface area contributed by atoms with Crippen LogP contribution in [0.3, 0.4) is 0 Å². The van der Waals surface area contributed by atoms with Gasteiger partial charge in [-0.05, 0) is 31.5 Å². The summed E-state index contributed by atoms with van der Waals surface area (Å²) in [6.07, 6.45) is 2.53. The van der Waals surface area contributed by atoms with Crippen LogP contribution < -0.4 is 14.8 Å². The van der Waals surface area contributed by atoms with Gasteiger partial charge in [-0.15, -0.1) is 0 Å². The molecule has 0 bridgehead atoms. The molecule has 2 heterocycles. The van der Waals surface area contributed by atoms with Gasteiger partial charge >= 0.3 is 6.03 Å². The lowest BCUT2D eigenvalue weighted by molar-refractivity contribution is 0.190. The standard InChI is InChI=1S/C19H23N3O3/c1-3-24-17-7-5-4-6-16(17)21-19(23)22-11-10-15(13-22)25-18-9-8-14(2)12-20-18/h4-9,12,15H,3,10-11,13H2,1-2H3,(H,21,23). The Balaban J connectivity index is 1.56. The number of rotatable bonds is 5. The Hall–Kier alpha value is -2.76. The lowest BCUT2D eigenvalue weighted by Crippen LogP contribution is -2.34. The Morgan fingerprint density at radius 3 is 2.92 bits per heavy atom. The number of pyridine rings is 1. The minimum atomic E-state index is -0.143. The molecule has 6 heteroatoms. The minimum absolute atomic E-state index is 0.0388. The molecule has 0 spiro atoms. The van der Waals surface area contributed by atoms with Crippen molar-refractivity contribution in [3.05, 3.63) is 48.2 Å². The smallest absolute Gasteiger partial charge is 0.322 e. The number of likely N-dealkylation sites (tertiary alicyclic amines) is 1. The maximum Gasteiger partial charge on any atom is 0.322 e. The van der Waals surface area contributed by atoms with E-state index in [1.165, 1.54) is 0 Å². The van der Waals surface area contributed by atoms with Crippen LogP contribution in [0.1, 0.15) is 18.9 Å². The molecule has 2 aromatic rings. The van der Waals surface area contributed by atoms with E-state index in [0.717, 1.165) is 12.0 Å². The van der Waals surface area contributed by atoms with E-state index < -0.39 is 0 Å². The zero-order chi connectivity index (χ0) is 17.6. The van der Waals surface area contributed by atoms with E-state index in [0.29, 0.717) is 37.0 Å². The molecule has 0 aliphatic carbocycles. The number of benzene rings is 1. The molecule has 132 valence electrons. The molecule has 2 amide bonds. The number of amides is 2. The molecule has 0 radical (unpaired) electrons. The first-order chi connectivity index (χ1) is 12.2. The van der Waals surface area contributed by atoms with Crippen molar-refractivity contribution in [2.24, 2.45) is 0 Å². The fraction of sp³-hybridized carbons (Fsp3) is 0.368. The number of carbonyl (C=O) groups is 1. The van der Waals surface area contributed by atoms with Gasteiger partial charge in [0, 0.05) is 25.2 Å². The Bertz CT molecular complexity index is 718. The van der Waals surface area contributed by atoms with Gasteiger partial charge in [0.25, 0.3) is 0 Å². The average molecular weight is 341 g/mol. The summed E-state index contributed by atoms with van der Waals surface area (Å²) in [5.41, 5.74) is 1.77. The predicted molar refractivity (Wildman–Crippen MR) is 96.2 cm³/mol. The molecule has 1 aliphatic rings. The first-order valence-corrected chi connectivity index (χ1v) is 8.52. The number of nitrogens with zero attached hydrogens (tertiary/aromatic N) is 2. The van der Waals surface area contributed by atoms with Crippen molar-refractivity contribution < 1.29 is 14.3 Å². The maximum absolute atomic E-state index is 12.5. The van der Waals surface area contributed by atoms with Gasteiger partial charge in [0.1, 0.15) is 11.9 Å². The molecule has 1 atom stereocenters. The molecule has 3 rings (SSSR count). The van der Waals surface area contributed by atoms with Crippen LogP contribution in [0.5, 0.6) is 11.6 Å². The van der Waals surface area contributed by atoms with Gasteiger partial charge < -0.3 is 19.7 Å². The third-order valence-electron chi connectivity index (χ3n) is 4.03. The normalized spacial score (nSPS) is 16.6. The summed E-state index contributed by atoms with van der Waals surface area (Å²) in [5, 5.41) is 2.92. The largest absolute Gasteiger partial charge is 0.492 e. The zero-order valence-corrected chi connectivity index (χ0v) is 14.6. The monoisotopic (exact) mass is 341 g/mol. The van der Waals surface area contributed by atoms with Crippen LogP contribution in [0, 0.1) is 6.92 Å². The van der Waals surface area contributed by atoms with Crippen molar-refractivity contribution >= 4 is 11.7 Å². The Labute approximate surface area is 147 Å². The van der Waals surface area contributed by atoms with Crippen LogP contribution in [0.15, 0.2) is 42.6 Å². The van der Waals surface area contributed by atoms with Crippen LogP contribution in [-0.4, -0.2) is 41.7 Å². The van der Waals surface area contributed by atoms with Crippen molar-refractivity contribution in [2.75, 3.05) is 25.0 Å². The Morgan fingerprint density at radius 2 is 2.16 bits per heavy atom. The molecule has 1 N–H and O–H groups in total. The Kier molecular flexibility index (Phi) is 5.38. The highest BCUT2D eigenvalue weighted by atomic mass is 16.5. The molecule has 6 nitrogen and oxygen atoms in total. The molecule has 25 heavy (non-hydrogen) atoms. The van der Waals surface area contributed by atoms with Crippen LogP contribution >= 0.6 is 0 Å². The van der Waals surface area contributed by atoms with Crippen LogP contribution in [0.25, 0.3) is 0 Å². The van der Waals surface area contributed by atoms with E-state index >= 15 is 0 Å². The second-order valence-corrected chi connectivity index (χ2v) is 6.01. The lowest BCUT2D eigenvalue weighted by atomic mass is 10.3. The summed E-state index contributed by atoms with van der Waals surface area (Å²) in [5.74, 6) is 1.27. The second-order valence-electron chi connectivity index (χ2n) is 6.01. The lowest BCUT2D eigenvalue weighted by Gasteiger charge is -2.19. The van der Waals surface area contributed by atoms with E-state index in [-0.39, 0.29) is 12.1 Å². The highest BCUT2D eigenvalue weighted by Gasteiger charge is 2.28. The molecule has 1 fully saturated rings. The van der Waals surface area contributed by atoms with E-state index in [1.807, 2.05) is 50.2 Å². The van der Waals surface area contributed by atoms with Gasteiger partial charge in [0.15, 0.2) is 0 Å².